The Hall–Kier alpha value is -1.59. The predicted octanol–water partition coefficient (Wildman–Crippen LogP) is 2.96. The van der Waals surface area contributed by atoms with Crippen LogP contribution in [0.5, 0.6) is 0 Å². The topological polar surface area (TPSA) is 34.4 Å². The highest BCUT2D eigenvalue weighted by atomic mass is 35.5. The lowest BCUT2D eigenvalue weighted by Crippen LogP contribution is -2.52. The molecule has 0 radical (unpaired) electrons. The van der Waals surface area contributed by atoms with Gasteiger partial charge >= 0.3 is 0 Å². The molecule has 5 nitrogen and oxygen atoms in total. The van der Waals surface area contributed by atoms with Crippen LogP contribution in [0.25, 0.3) is 0 Å². The summed E-state index contributed by atoms with van der Waals surface area (Å²) < 4.78 is 0. The Bertz CT molecular complexity index is 605. The molecule has 0 saturated carbocycles. The fourth-order valence-electron chi connectivity index (χ4n) is 2.92. The summed E-state index contributed by atoms with van der Waals surface area (Å²) in [6, 6.07) is 6.01. The van der Waals surface area contributed by atoms with Crippen molar-refractivity contribution < 1.29 is 0 Å². The minimum atomic E-state index is 0.122. The highest BCUT2D eigenvalue weighted by molar-refractivity contribution is 6.30. The number of hydrogen-bond donors (Lipinski definition) is 0. The molecule has 1 aromatic rings. The number of aliphatic imine (C=N–C) groups is 1. The number of likely N-dealkylation sites (N-methyl/N-ethyl adjacent to an activating group) is 1. The van der Waals surface area contributed by atoms with Gasteiger partial charge in [0, 0.05) is 43.0 Å². The average molecular weight is 320 g/mol. The third-order valence-electron chi connectivity index (χ3n) is 4.26. The van der Waals surface area contributed by atoms with Gasteiger partial charge in [-0.15, -0.1) is 0 Å². The second kappa shape index (κ2) is 6.26. The molecule has 2 heterocycles. The van der Waals surface area contributed by atoms with E-state index in [1.807, 2.05) is 36.3 Å². The first kappa shape index (κ1) is 15.3. The van der Waals surface area contributed by atoms with Gasteiger partial charge in [0.25, 0.3) is 0 Å². The molecular formula is C16H22ClN5. The monoisotopic (exact) mass is 319 g/mol. The second-order valence-electron chi connectivity index (χ2n) is 5.80. The van der Waals surface area contributed by atoms with Crippen molar-refractivity contribution in [2.45, 2.75) is 19.9 Å². The fraction of sp³-hybridized carbons (Fsp3) is 0.500. The van der Waals surface area contributed by atoms with E-state index in [9.17, 15) is 0 Å². The summed E-state index contributed by atoms with van der Waals surface area (Å²) in [4.78, 5) is 9.52. The SMILES string of the molecule is C/C=N\N1C(N2CCN(C)CC2)=Nc2ccc(Cl)cc2C1C. The predicted molar refractivity (Wildman–Crippen MR) is 92.0 cm³/mol. The van der Waals surface area contributed by atoms with E-state index in [1.165, 1.54) is 0 Å². The van der Waals surface area contributed by atoms with Crippen molar-refractivity contribution in [1.29, 1.82) is 0 Å². The number of rotatable bonds is 1. The lowest BCUT2D eigenvalue weighted by Gasteiger charge is -2.41. The van der Waals surface area contributed by atoms with Crippen LogP contribution in [0.15, 0.2) is 28.3 Å². The van der Waals surface area contributed by atoms with E-state index in [0.717, 1.165) is 48.4 Å². The smallest absolute Gasteiger partial charge is 0.223 e. The van der Waals surface area contributed by atoms with Crippen molar-refractivity contribution in [3.8, 4) is 0 Å². The Kier molecular flexibility index (Phi) is 4.36. The van der Waals surface area contributed by atoms with Crippen LogP contribution in [0.4, 0.5) is 5.69 Å². The van der Waals surface area contributed by atoms with Crippen molar-refractivity contribution in [2.24, 2.45) is 10.1 Å². The number of nitrogens with zero attached hydrogens (tertiary/aromatic N) is 5. The number of fused-ring (bicyclic) bond motifs is 1. The molecule has 1 unspecified atom stereocenters. The van der Waals surface area contributed by atoms with Gasteiger partial charge in [0.2, 0.25) is 5.96 Å². The zero-order chi connectivity index (χ0) is 15.7. The number of hydrogen-bond acceptors (Lipinski definition) is 5. The first-order valence-electron chi connectivity index (χ1n) is 7.69. The quantitative estimate of drug-likeness (QED) is 0.746. The molecule has 1 atom stereocenters. The van der Waals surface area contributed by atoms with Crippen LogP contribution in [0.1, 0.15) is 25.5 Å². The third kappa shape index (κ3) is 2.83. The second-order valence-corrected chi connectivity index (χ2v) is 6.24. The Morgan fingerprint density at radius 2 is 2.00 bits per heavy atom. The maximum Gasteiger partial charge on any atom is 0.223 e. The van der Waals surface area contributed by atoms with Crippen LogP contribution in [-0.4, -0.2) is 60.2 Å². The molecule has 1 aromatic carbocycles. The highest BCUT2D eigenvalue weighted by Gasteiger charge is 2.31. The maximum atomic E-state index is 6.15. The fourth-order valence-corrected chi connectivity index (χ4v) is 3.10. The normalized spacial score (nSPS) is 22.9. The molecule has 0 amide bonds. The maximum absolute atomic E-state index is 6.15. The van der Waals surface area contributed by atoms with Gasteiger partial charge in [0.1, 0.15) is 0 Å². The molecule has 1 saturated heterocycles. The first-order chi connectivity index (χ1) is 10.6. The summed E-state index contributed by atoms with van der Waals surface area (Å²) in [6.45, 7) is 8.12. The van der Waals surface area contributed by atoms with Crippen molar-refractivity contribution in [3.63, 3.8) is 0 Å². The Morgan fingerprint density at radius 1 is 1.27 bits per heavy atom. The van der Waals surface area contributed by atoms with Crippen molar-refractivity contribution in [2.75, 3.05) is 33.2 Å². The molecule has 2 aliphatic heterocycles. The standard InChI is InChI=1S/C16H22ClN5/c1-4-18-22-12(2)14-11-13(17)5-6-15(14)19-16(22)21-9-7-20(3)8-10-21/h4-6,11-12H,7-10H2,1-3H3/b18-4-. The molecule has 3 rings (SSSR count). The van der Waals surface area contributed by atoms with Crippen LogP contribution in [0.2, 0.25) is 5.02 Å². The van der Waals surface area contributed by atoms with E-state index in [4.69, 9.17) is 16.6 Å². The van der Waals surface area contributed by atoms with Gasteiger partial charge in [0.15, 0.2) is 0 Å². The number of halogens is 1. The van der Waals surface area contributed by atoms with Gasteiger partial charge in [-0.1, -0.05) is 11.6 Å². The van der Waals surface area contributed by atoms with Crippen LogP contribution >= 0.6 is 11.6 Å². The summed E-state index contributed by atoms with van der Waals surface area (Å²) in [5.41, 5.74) is 2.12. The highest BCUT2D eigenvalue weighted by Crippen LogP contribution is 2.37. The van der Waals surface area contributed by atoms with Crippen LogP contribution in [0, 0.1) is 0 Å². The van der Waals surface area contributed by atoms with Gasteiger partial charge in [0.05, 0.1) is 11.7 Å². The van der Waals surface area contributed by atoms with E-state index in [-0.39, 0.29) is 6.04 Å². The summed E-state index contributed by atoms with van der Waals surface area (Å²) in [5, 5.41) is 7.29. The Morgan fingerprint density at radius 3 is 2.68 bits per heavy atom. The summed E-state index contributed by atoms with van der Waals surface area (Å²) in [6.07, 6.45) is 1.82. The van der Waals surface area contributed by atoms with Crippen LogP contribution < -0.4 is 0 Å². The minimum absolute atomic E-state index is 0.122. The lowest BCUT2D eigenvalue weighted by molar-refractivity contribution is 0.187. The molecule has 0 N–H and O–H groups in total. The van der Waals surface area contributed by atoms with Gasteiger partial charge < -0.3 is 9.80 Å². The number of guanidine groups is 1. The van der Waals surface area contributed by atoms with Gasteiger partial charge in [-0.25, -0.2) is 10.0 Å². The molecule has 0 spiro atoms. The first-order valence-corrected chi connectivity index (χ1v) is 8.07. The number of hydrazone groups is 1. The van der Waals surface area contributed by atoms with E-state index in [0.29, 0.717) is 0 Å². The van der Waals surface area contributed by atoms with E-state index in [2.05, 4.69) is 28.9 Å². The zero-order valence-electron chi connectivity index (χ0n) is 13.3. The molecule has 2 aliphatic rings. The molecular weight excluding hydrogens is 298 g/mol. The lowest BCUT2D eigenvalue weighted by atomic mass is 10.0. The largest absolute Gasteiger partial charge is 0.338 e. The molecule has 22 heavy (non-hydrogen) atoms. The molecule has 0 bridgehead atoms. The van der Waals surface area contributed by atoms with E-state index >= 15 is 0 Å². The zero-order valence-corrected chi connectivity index (χ0v) is 14.1. The summed E-state index contributed by atoms with van der Waals surface area (Å²) in [5.74, 6) is 0.938. The van der Waals surface area contributed by atoms with Crippen molar-refractivity contribution >= 4 is 29.5 Å². The number of piperazine rings is 1. The van der Waals surface area contributed by atoms with Gasteiger partial charge in [-0.3, -0.25) is 0 Å². The van der Waals surface area contributed by atoms with Crippen LogP contribution in [-0.2, 0) is 0 Å². The minimum Gasteiger partial charge on any atom is -0.338 e. The number of benzene rings is 1. The van der Waals surface area contributed by atoms with E-state index in [1.54, 1.807) is 0 Å². The van der Waals surface area contributed by atoms with Crippen molar-refractivity contribution in [3.05, 3.63) is 28.8 Å². The third-order valence-corrected chi connectivity index (χ3v) is 4.49. The Labute approximate surface area is 136 Å². The molecule has 0 aliphatic carbocycles. The van der Waals surface area contributed by atoms with Gasteiger partial charge in [-0.05, 0) is 39.1 Å². The van der Waals surface area contributed by atoms with Crippen molar-refractivity contribution in [1.82, 2.24) is 14.8 Å². The molecule has 118 valence electrons. The Balaban J connectivity index is 1.99. The molecule has 1 fully saturated rings. The molecule has 0 aromatic heterocycles. The summed E-state index contributed by atoms with van der Waals surface area (Å²) in [7, 11) is 2.15. The average Bonchev–Trinajstić information content (AvgIpc) is 2.51. The summed E-state index contributed by atoms with van der Waals surface area (Å²) >= 11 is 6.15. The van der Waals surface area contributed by atoms with E-state index < -0.39 is 0 Å². The van der Waals surface area contributed by atoms with Crippen LogP contribution in [0.3, 0.4) is 0 Å². The molecule has 6 heteroatoms. The van der Waals surface area contributed by atoms with Gasteiger partial charge in [-0.2, -0.15) is 5.10 Å².